The lowest BCUT2D eigenvalue weighted by Gasteiger charge is -2.26. The molecule has 160 valence electrons. The van der Waals surface area contributed by atoms with Gasteiger partial charge >= 0.3 is 5.97 Å². The molecular formula is C22H25NO7. The lowest BCUT2D eigenvalue weighted by atomic mass is 10.1. The largest absolute Gasteiger partial charge is 0.493 e. The standard InChI is InChI=1S/C22H25NO7/c1-26-17-9-7-15(11-20(17)27-2)8-10-22(25)29-14-21(24)23-12-16-13-28-18-5-3-4-6-19(18)30-16/h3-7,9,11,16H,8,10,12-14H2,1-2H3,(H,23,24). The van der Waals surface area contributed by atoms with Crippen LogP contribution in [-0.2, 0) is 20.7 Å². The van der Waals surface area contributed by atoms with Crippen molar-refractivity contribution in [2.75, 3.05) is 34.0 Å². The van der Waals surface area contributed by atoms with Crippen molar-refractivity contribution in [2.45, 2.75) is 18.9 Å². The molecular weight excluding hydrogens is 390 g/mol. The molecule has 0 fully saturated rings. The number of ether oxygens (including phenoxy) is 5. The number of carbonyl (C=O) groups is 2. The van der Waals surface area contributed by atoms with Crippen molar-refractivity contribution in [3.05, 3.63) is 48.0 Å². The van der Waals surface area contributed by atoms with Crippen molar-refractivity contribution in [3.8, 4) is 23.0 Å². The van der Waals surface area contributed by atoms with Gasteiger partial charge in [0.15, 0.2) is 29.6 Å². The lowest BCUT2D eigenvalue weighted by molar-refractivity contribution is -0.148. The Balaban J connectivity index is 1.35. The average Bonchev–Trinajstić information content (AvgIpc) is 2.79. The predicted molar refractivity (Wildman–Crippen MR) is 108 cm³/mol. The Kier molecular flexibility index (Phi) is 7.37. The van der Waals surface area contributed by atoms with E-state index in [1.807, 2.05) is 36.4 Å². The molecule has 8 nitrogen and oxygen atoms in total. The zero-order chi connectivity index (χ0) is 21.3. The SMILES string of the molecule is COc1ccc(CCC(=O)OCC(=O)NCC2COc3ccccc3O2)cc1OC. The summed E-state index contributed by atoms with van der Waals surface area (Å²) in [5.74, 6) is 1.70. The van der Waals surface area contributed by atoms with Gasteiger partial charge in [-0.25, -0.2) is 0 Å². The maximum Gasteiger partial charge on any atom is 0.306 e. The number of aryl methyl sites for hydroxylation is 1. The molecule has 1 amide bonds. The van der Waals surface area contributed by atoms with Crippen LogP contribution in [0.4, 0.5) is 0 Å². The van der Waals surface area contributed by atoms with Gasteiger partial charge in [0.25, 0.3) is 5.91 Å². The van der Waals surface area contributed by atoms with Crippen molar-refractivity contribution < 1.29 is 33.3 Å². The van der Waals surface area contributed by atoms with Crippen LogP contribution in [0, 0.1) is 0 Å². The summed E-state index contributed by atoms with van der Waals surface area (Å²) in [4.78, 5) is 23.9. The van der Waals surface area contributed by atoms with Crippen LogP contribution in [0.15, 0.2) is 42.5 Å². The highest BCUT2D eigenvalue weighted by molar-refractivity contribution is 5.80. The molecule has 0 saturated heterocycles. The molecule has 30 heavy (non-hydrogen) atoms. The summed E-state index contributed by atoms with van der Waals surface area (Å²) in [7, 11) is 3.12. The number of hydrogen-bond acceptors (Lipinski definition) is 7. The van der Waals surface area contributed by atoms with Crippen molar-refractivity contribution in [1.29, 1.82) is 0 Å². The average molecular weight is 415 g/mol. The van der Waals surface area contributed by atoms with Crippen LogP contribution in [0.3, 0.4) is 0 Å². The van der Waals surface area contributed by atoms with Crippen molar-refractivity contribution in [1.82, 2.24) is 5.32 Å². The smallest absolute Gasteiger partial charge is 0.306 e. The van der Waals surface area contributed by atoms with E-state index in [4.69, 9.17) is 23.7 Å². The number of nitrogens with one attached hydrogen (secondary N) is 1. The number of amides is 1. The van der Waals surface area contributed by atoms with Crippen LogP contribution in [0.25, 0.3) is 0 Å². The summed E-state index contributed by atoms with van der Waals surface area (Å²) >= 11 is 0. The molecule has 2 aromatic carbocycles. The van der Waals surface area contributed by atoms with Gasteiger partial charge in [-0.3, -0.25) is 9.59 Å². The van der Waals surface area contributed by atoms with E-state index in [0.29, 0.717) is 36.0 Å². The lowest BCUT2D eigenvalue weighted by Crippen LogP contribution is -2.42. The van der Waals surface area contributed by atoms with E-state index >= 15 is 0 Å². The van der Waals surface area contributed by atoms with E-state index in [1.165, 1.54) is 0 Å². The molecule has 1 atom stereocenters. The normalized spacial score (nSPS) is 14.5. The molecule has 1 heterocycles. The number of para-hydroxylation sites is 2. The van der Waals surface area contributed by atoms with E-state index in [9.17, 15) is 9.59 Å². The minimum atomic E-state index is -0.453. The highest BCUT2D eigenvalue weighted by Gasteiger charge is 2.21. The Hall–Kier alpha value is -3.42. The molecule has 8 heteroatoms. The van der Waals surface area contributed by atoms with Crippen LogP contribution in [0.5, 0.6) is 23.0 Å². The monoisotopic (exact) mass is 415 g/mol. The Morgan fingerprint density at radius 2 is 1.83 bits per heavy atom. The van der Waals surface area contributed by atoms with E-state index in [0.717, 1.165) is 5.56 Å². The highest BCUT2D eigenvalue weighted by atomic mass is 16.6. The van der Waals surface area contributed by atoms with Crippen LogP contribution in [0.1, 0.15) is 12.0 Å². The van der Waals surface area contributed by atoms with Gasteiger partial charge in [-0.1, -0.05) is 18.2 Å². The third kappa shape index (κ3) is 5.79. The Morgan fingerprint density at radius 3 is 2.60 bits per heavy atom. The topological polar surface area (TPSA) is 92.3 Å². The number of hydrogen-bond donors (Lipinski definition) is 1. The number of benzene rings is 2. The number of carbonyl (C=O) groups excluding carboxylic acids is 2. The van der Waals surface area contributed by atoms with Gasteiger partial charge in [0.05, 0.1) is 20.8 Å². The van der Waals surface area contributed by atoms with Gasteiger partial charge in [-0.15, -0.1) is 0 Å². The summed E-state index contributed by atoms with van der Waals surface area (Å²) in [5, 5.41) is 2.69. The van der Waals surface area contributed by atoms with Gasteiger partial charge in [0.1, 0.15) is 12.7 Å². The first kappa shape index (κ1) is 21.3. The molecule has 0 bridgehead atoms. The molecule has 1 N–H and O–H groups in total. The number of esters is 1. The second-order valence-corrected chi connectivity index (χ2v) is 6.65. The van der Waals surface area contributed by atoms with Gasteiger partial charge in [0, 0.05) is 6.42 Å². The molecule has 0 spiro atoms. The molecule has 2 aromatic rings. The maximum atomic E-state index is 11.9. The van der Waals surface area contributed by atoms with E-state index in [1.54, 1.807) is 20.3 Å². The van der Waals surface area contributed by atoms with Crippen LogP contribution >= 0.6 is 0 Å². The summed E-state index contributed by atoms with van der Waals surface area (Å²) in [6, 6.07) is 12.8. The Morgan fingerprint density at radius 1 is 1.07 bits per heavy atom. The molecule has 0 saturated carbocycles. The first-order valence-corrected chi connectivity index (χ1v) is 9.60. The molecule has 0 radical (unpaired) electrons. The van der Waals surface area contributed by atoms with Crippen LogP contribution in [0.2, 0.25) is 0 Å². The van der Waals surface area contributed by atoms with Crippen molar-refractivity contribution >= 4 is 11.9 Å². The minimum absolute atomic E-state index is 0.152. The fourth-order valence-corrected chi connectivity index (χ4v) is 2.94. The zero-order valence-corrected chi connectivity index (χ0v) is 17.0. The molecule has 0 aromatic heterocycles. The highest BCUT2D eigenvalue weighted by Crippen LogP contribution is 2.30. The zero-order valence-electron chi connectivity index (χ0n) is 17.0. The van der Waals surface area contributed by atoms with Gasteiger partial charge < -0.3 is 29.0 Å². The molecule has 0 aliphatic carbocycles. The van der Waals surface area contributed by atoms with E-state index in [-0.39, 0.29) is 25.7 Å². The third-order valence-corrected chi connectivity index (χ3v) is 4.52. The predicted octanol–water partition coefficient (Wildman–Crippen LogP) is 2.14. The molecule has 1 aliphatic rings. The quantitative estimate of drug-likeness (QED) is 0.627. The first-order chi connectivity index (χ1) is 14.6. The van der Waals surface area contributed by atoms with E-state index in [2.05, 4.69) is 5.32 Å². The molecule has 1 unspecified atom stereocenters. The summed E-state index contributed by atoms with van der Waals surface area (Å²) in [5.41, 5.74) is 0.906. The summed E-state index contributed by atoms with van der Waals surface area (Å²) < 4.78 is 26.8. The van der Waals surface area contributed by atoms with Crippen LogP contribution < -0.4 is 24.3 Å². The number of methoxy groups -OCH3 is 2. The summed E-state index contributed by atoms with van der Waals surface area (Å²) in [6.07, 6.45) is 0.316. The Bertz CT molecular complexity index is 884. The molecule has 3 rings (SSSR count). The van der Waals surface area contributed by atoms with Crippen molar-refractivity contribution in [3.63, 3.8) is 0 Å². The second kappa shape index (κ2) is 10.4. The maximum absolute atomic E-state index is 11.9. The van der Waals surface area contributed by atoms with Gasteiger partial charge in [-0.05, 0) is 36.2 Å². The second-order valence-electron chi connectivity index (χ2n) is 6.65. The Labute approximate surface area is 175 Å². The minimum Gasteiger partial charge on any atom is -0.493 e. The third-order valence-electron chi connectivity index (χ3n) is 4.52. The van der Waals surface area contributed by atoms with Crippen LogP contribution in [-0.4, -0.2) is 52.0 Å². The fourth-order valence-electron chi connectivity index (χ4n) is 2.94. The fraction of sp³-hybridized carbons (Fsp3) is 0.364. The van der Waals surface area contributed by atoms with E-state index < -0.39 is 11.9 Å². The first-order valence-electron chi connectivity index (χ1n) is 9.60. The van der Waals surface area contributed by atoms with Gasteiger partial charge in [-0.2, -0.15) is 0 Å². The number of rotatable bonds is 9. The van der Waals surface area contributed by atoms with Gasteiger partial charge in [0.2, 0.25) is 0 Å². The summed E-state index contributed by atoms with van der Waals surface area (Å²) in [6.45, 7) is 0.258. The molecule has 1 aliphatic heterocycles. The van der Waals surface area contributed by atoms with Crippen molar-refractivity contribution in [2.24, 2.45) is 0 Å². The number of fused-ring (bicyclic) bond motifs is 1.